The number of aromatic amines is 1. The van der Waals surface area contributed by atoms with Crippen molar-refractivity contribution in [3.05, 3.63) is 39.7 Å². The molecule has 10 nitrogen and oxygen atoms in total. The second-order valence-electron chi connectivity index (χ2n) is 4.04. The molecular formula is C11H5N7O3. The molecule has 0 radical (unpaired) electrons. The number of H-pyrrole nitrogens is 1. The van der Waals surface area contributed by atoms with Crippen LogP contribution in [0.3, 0.4) is 0 Å². The molecule has 0 unspecified atom stereocenters. The summed E-state index contributed by atoms with van der Waals surface area (Å²) >= 11 is 0. The number of nitrogens with zero attached hydrogens (tertiary/aromatic N) is 5. The van der Waals surface area contributed by atoms with Crippen LogP contribution in [0, 0.1) is 21.4 Å². The number of nitriles is 1. The van der Waals surface area contributed by atoms with Crippen LogP contribution >= 0.6 is 0 Å². The minimum absolute atomic E-state index is 0.0161. The first-order valence-corrected chi connectivity index (χ1v) is 5.60. The molecule has 0 atom stereocenters. The molecule has 102 valence electrons. The van der Waals surface area contributed by atoms with Crippen LogP contribution in [-0.4, -0.2) is 31.5 Å². The molecule has 1 aliphatic rings. The first kappa shape index (κ1) is 12.4. The van der Waals surface area contributed by atoms with E-state index in [1.54, 1.807) is 0 Å². The van der Waals surface area contributed by atoms with E-state index in [0.717, 1.165) is 0 Å². The Morgan fingerprint density at radius 1 is 1.43 bits per heavy atom. The molecule has 0 spiro atoms. The average molecular weight is 283 g/mol. The third-order valence-electron chi connectivity index (χ3n) is 2.89. The lowest BCUT2D eigenvalue weighted by Gasteiger charge is -1.99. The highest BCUT2D eigenvalue weighted by atomic mass is 16.6. The zero-order valence-corrected chi connectivity index (χ0v) is 10.2. The maximum absolute atomic E-state index is 12.0. The van der Waals surface area contributed by atoms with Crippen molar-refractivity contribution < 1.29 is 9.72 Å². The van der Waals surface area contributed by atoms with E-state index in [1.807, 2.05) is 6.07 Å². The summed E-state index contributed by atoms with van der Waals surface area (Å²) in [6.45, 7) is 0. The van der Waals surface area contributed by atoms with Crippen LogP contribution in [0.4, 0.5) is 11.4 Å². The molecule has 1 aromatic carbocycles. The van der Waals surface area contributed by atoms with Crippen molar-refractivity contribution in [2.45, 2.75) is 0 Å². The van der Waals surface area contributed by atoms with Crippen LogP contribution in [0.15, 0.2) is 18.2 Å². The molecule has 2 aromatic rings. The van der Waals surface area contributed by atoms with Gasteiger partial charge in [0.15, 0.2) is 0 Å². The van der Waals surface area contributed by atoms with Crippen LogP contribution in [0.2, 0.25) is 0 Å². The second kappa shape index (κ2) is 4.49. The van der Waals surface area contributed by atoms with Gasteiger partial charge in [-0.15, -0.1) is 10.2 Å². The SMILES string of the molecule is N#C/C(=C1\C(=O)Nc2ccc([N+](=O)[O-])cc21)c1nn[nH]n1. The van der Waals surface area contributed by atoms with E-state index in [0.29, 0.717) is 5.69 Å². The number of allylic oxidation sites excluding steroid dienone is 1. The summed E-state index contributed by atoms with van der Waals surface area (Å²) in [6, 6.07) is 5.73. The molecule has 1 aliphatic heterocycles. The number of nitro groups is 1. The number of nitrogens with one attached hydrogen (secondary N) is 2. The molecule has 10 heteroatoms. The summed E-state index contributed by atoms with van der Waals surface area (Å²) < 4.78 is 0. The highest BCUT2D eigenvalue weighted by Gasteiger charge is 2.31. The van der Waals surface area contributed by atoms with Gasteiger partial charge in [-0.1, -0.05) is 0 Å². The van der Waals surface area contributed by atoms with Gasteiger partial charge in [0.05, 0.1) is 10.5 Å². The van der Waals surface area contributed by atoms with Crippen LogP contribution in [0.5, 0.6) is 0 Å². The van der Waals surface area contributed by atoms with E-state index < -0.39 is 10.8 Å². The molecule has 0 fully saturated rings. The monoisotopic (exact) mass is 283 g/mol. The molecule has 1 amide bonds. The summed E-state index contributed by atoms with van der Waals surface area (Å²) in [4.78, 5) is 22.3. The number of hydrogen-bond acceptors (Lipinski definition) is 7. The van der Waals surface area contributed by atoms with Crippen LogP contribution in [-0.2, 0) is 4.79 Å². The Hall–Kier alpha value is -3.61. The first-order chi connectivity index (χ1) is 10.1. The standard InChI is InChI=1S/C11H5N7O3/c12-4-7(10-14-16-17-15-10)9-6-3-5(18(20)21)1-2-8(6)13-11(9)19/h1-3H,(H,13,19)(H,14,15,16,17)/b9-7+. The van der Waals surface area contributed by atoms with Crippen molar-refractivity contribution in [1.82, 2.24) is 20.6 Å². The minimum atomic E-state index is -0.582. The zero-order valence-electron chi connectivity index (χ0n) is 10.2. The Bertz CT molecular complexity index is 832. The fourth-order valence-corrected chi connectivity index (χ4v) is 2.00. The number of hydrogen-bond donors (Lipinski definition) is 2. The topological polar surface area (TPSA) is 150 Å². The molecule has 2 N–H and O–H groups in total. The lowest BCUT2D eigenvalue weighted by molar-refractivity contribution is -0.384. The third kappa shape index (κ3) is 1.89. The number of tetrazole rings is 1. The van der Waals surface area contributed by atoms with Gasteiger partial charge >= 0.3 is 0 Å². The predicted octanol–water partition coefficient (Wildman–Crippen LogP) is 0.494. The van der Waals surface area contributed by atoms with Crippen molar-refractivity contribution in [2.75, 3.05) is 5.32 Å². The largest absolute Gasteiger partial charge is 0.321 e. The summed E-state index contributed by atoms with van der Waals surface area (Å²) in [7, 11) is 0. The number of nitro benzene ring substituents is 1. The molecular weight excluding hydrogens is 278 g/mol. The van der Waals surface area contributed by atoms with Crippen LogP contribution < -0.4 is 5.32 Å². The van der Waals surface area contributed by atoms with Crippen molar-refractivity contribution in [2.24, 2.45) is 0 Å². The number of aromatic nitrogens is 4. The Morgan fingerprint density at radius 3 is 2.86 bits per heavy atom. The normalized spacial score (nSPS) is 15.1. The number of anilines is 1. The molecule has 1 aromatic heterocycles. The Balaban J connectivity index is 2.27. The Kier molecular flexibility index (Phi) is 2.66. The molecule has 21 heavy (non-hydrogen) atoms. The molecule has 3 rings (SSSR count). The average Bonchev–Trinajstić information content (AvgIpc) is 3.08. The van der Waals surface area contributed by atoms with Crippen molar-refractivity contribution in [3.8, 4) is 6.07 Å². The summed E-state index contributed by atoms with van der Waals surface area (Å²) in [5, 5.41) is 35.4. The number of rotatable bonds is 2. The van der Waals surface area contributed by atoms with Gasteiger partial charge in [0.1, 0.15) is 11.6 Å². The van der Waals surface area contributed by atoms with Gasteiger partial charge in [-0.05, 0) is 11.3 Å². The fourth-order valence-electron chi connectivity index (χ4n) is 2.00. The Morgan fingerprint density at radius 2 is 2.24 bits per heavy atom. The number of amides is 1. The molecule has 0 bridgehead atoms. The lowest BCUT2D eigenvalue weighted by Crippen LogP contribution is -2.06. The zero-order chi connectivity index (χ0) is 15.0. The summed E-state index contributed by atoms with van der Waals surface area (Å²) in [5.74, 6) is -0.603. The van der Waals surface area contributed by atoms with Gasteiger partial charge in [-0.2, -0.15) is 10.5 Å². The molecule has 0 aliphatic carbocycles. The fraction of sp³-hybridized carbons (Fsp3) is 0. The highest BCUT2D eigenvalue weighted by molar-refractivity contribution is 6.37. The molecule has 2 heterocycles. The smallest absolute Gasteiger partial charge is 0.270 e. The van der Waals surface area contributed by atoms with Crippen molar-refractivity contribution in [3.63, 3.8) is 0 Å². The molecule has 0 saturated carbocycles. The van der Waals surface area contributed by atoms with Gasteiger partial charge < -0.3 is 5.32 Å². The van der Waals surface area contributed by atoms with Gasteiger partial charge in [0.25, 0.3) is 11.6 Å². The first-order valence-electron chi connectivity index (χ1n) is 5.60. The number of non-ortho nitro benzene ring substituents is 1. The van der Waals surface area contributed by atoms with E-state index >= 15 is 0 Å². The van der Waals surface area contributed by atoms with Crippen molar-refractivity contribution >= 4 is 28.4 Å². The number of fused-ring (bicyclic) bond motifs is 1. The Labute approximate surface area is 116 Å². The summed E-state index contributed by atoms with van der Waals surface area (Å²) in [6.07, 6.45) is 0. The van der Waals surface area contributed by atoms with E-state index in [1.165, 1.54) is 18.2 Å². The maximum atomic E-state index is 12.0. The maximum Gasteiger partial charge on any atom is 0.270 e. The van der Waals surface area contributed by atoms with E-state index in [2.05, 4.69) is 25.9 Å². The number of carbonyl (C=O) groups is 1. The van der Waals surface area contributed by atoms with E-state index in [9.17, 15) is 20.2 Å². The lowest BCUT2D eigenvalue weighted by atomic mass is 10.0. The third-order valence-corrected chi connectivity index (χ3v) is 2.89. The summed E-state index contributed by atoms with van der Waals surface area (Å²) in [5.41, 5.74) is 0.332. The van der Waals surface area contributed by atoms with Crippen LogP contribution in [0.1, 0.15) is 11.4 Å². The van der Waals surface area contributed by atoms with Gasteiger partial charge in [-0.25, -0.2) is 0 Å². The molecule has 0 saturated heterocycles. The highest BCUT2D eigenvalue weighted by Crippen LogP contribution is 2.37. The quantitative estimate of drug-likeness (QED) is 0.352. The number of carbonyl (C=O) groups excluding carboxylic acids is 1. The minimum Gasteiger partial charge on any atom is -0.321 e. The van der Waals surface area contributed by atoms with Gasteiger partial charge in [-0.3, -0.25) is 14.9 Å². The van der Waals surface area contributed by atoms with Crippen LogP contribution in [0.25, 0.3) is 11.1 Å². The van der Waals surface area contributed by atoms with E-state index in [4.69, 9.17) is 0 Å². The predicted molar refractivity (Wildman–Crippen MR) is 68.3 cm³/mol. The van der Waals surface area contributed by atoms with E-state index in [-0.39, 0.29) is 28.2 Å². The second-order valence-corrected chi connectivity index (χ2v) is 4.04. The van der Waals surface area contributed by atoms with Gasteiger partial charge in [0, 0.05) is 23.4 Å². The van der Waals surface area contributed by atoms with Crippen molar-refractivity contribution in [1.29, 1.82) is 5.26 Å². The number of benzene rings is 1. The van der Waals surface area contributed by atoms with Gasteiger partial charge in [0.2, 0.25) is 5.82 Å².